The van der Waals surface area contributed by atoms with Crippen LogP contribution in [0.3, 0.4) is 0 Å². The Labute approximate surface area is 172 Å². The molecule has 7 heteroatoms. The average Bonchev–Trinajstić information content (AvgIpc) is 3.13. The molecule has 0 saturated carbocycles. The van der Waals surface area contributed by atoms with Gasteiger partial charge in [-0.1, -0.05) is 30.3 Å². The van der Waals surface area contributed by atoms with Gasteiger partial charge in [0.15, 0.2) is 5.96 Å². The average molecular weight is 473 g/mol. The van der Waals surface area contributed by atoms with Crippen molar-refractivity contribution in [2.75, 3.05) is 33.4 Å². The summed E-state index contributed by atoms with van der Waals surface area (Å²) in [4.78, 5) is 4.52. The number of nitrogens with zero attached hydrogens (tertiary/aromatic N) is 1. The Hall–Kier alpha value is -1.58. The molecule has 144 valence electrons. The third-order valence-corrected chi connectivity index (χ3v) is 3.78. The fourth-order valence-electron chi connectivity index (χ4n) is 2.33. The van der Waals surface area contributed by atoms with Gasteiger partial charge in [0.25, 0.3) is 0 Å². The van der Waals surface area contributed by atoms with E-state index in [4.69, 9.17) is 9.15 Å². The molecule has 1 heterocycles. The van der Waals surface area contributed by atoms with Crippen molar-refractivity contribution in [2.45, 2.75) is 18.9 Å². The van der Waals surface area contributed by atoms with Gasteiger partial charge in [0.1, 0.15) is 11.4 Å². The SMILES string of the molecule is COCCNC(=NCC(C)(O)c1ccccc1)NCCc1ccco1.I. The van der Waals surface area contributed by atoms with Crippen molar-refractivity contribution in [2.24, 2.45) is 4.99 Å². The van der Waals surface area contributed by atoms with Crippen molar-refractivity contribution >= 4 is 29.9 Å². The predicted octanol–water partition coefficient (Wildman–Crippen LogP) is 2.53. The zero-order valence-corrected chi connectivity index (χ0v) is 17.6. The van der Waals surface area contributed by atoms with Crippen LogP contribution in [0.25, 0.3) is 0 Å². The smallest absolute Gasteiger partial charge is 0.191 e. The molecule has 1 aromatic carbocycles. The summed E-state index contributed by atoms with van der Waals surface area (Å²) in [5.74, 6) is 1.56. The minimum absolute atomic E-state index is 0. The van der Waals surface area contributed by atoms with E-state index < -0.39 is 5.60 Å². The van der Waals surface area contributed by atoms with Gasteiger partial charge in [0.05, 0.1) is 19.4 Å². The lowest BCUT2D eigenvalue weighted by Gasteiger charge is -2.22. The first-order valence-corrected chi connectivity index (χ1v) is 8.43. The van der Waals surface area contributed by atoms with Gasteiger partial charge in [-0.3, -0.25) is 0 Å². The topological polar surface area (TPSA) is 79.0 Å². The molecule has 6 nitrogen and oxygen atoms in total. The number of nitrogens with one attached hydrogen (secondary N) is 2. The van der Waals surface area contributed by atoms with Crippen LogP contribution in [0.2, 0.25) is 0 Å². The Morgan fingerprint density at radius 1 is 1.15 bits per heavy atom. The summed E-state index contributed by atoms with van der Waals surface area (Å²) in [5.41, 5.74) is -0.191. The molecule has 0 amide bonds. The van der Waals surface area contributed by atoms with Crippen LogP contribution in [0.1, 0.15) is 18.2 Å². The molecule has 0 aliphatic rings. The molecule has 3 N–H and O–H groups in total. The summed E-state index contributed by atoms with van der Waals surface area (Å²) in [5, 5.41) is 17.1. The molecule has 1 aromatic heterocycles. The van der Waals surface area contributed by atoms with Crippen molar-refractivity contribution in [1.29, 1.82) is 0 Å². The second kappa shape index (κ2) is 11.9. The Balaban J connectivity index is 0.00000338. The predicted molar refractivity (Wildman–Crippen MR) is 114 cm³/mol. The monoisotopic (exact) mass is 473 g/mol. The van der Waals surface area contributed by atoms with Gasteiger partial charge >= 0.3 is 0 Å². The first-order chi connectivity index (χ1) is 12.1. The van der Waals surface area contributed by atoms with Gasteiger partial charge in [-0.25, -0.2) is 4.99 Å². The maximum atomic E-state index is 10.7. The molecular formula is C19H28IN3O3. The zero-order chi connectivity index (χ0) is 18.0. The highest BCUT2D eigenvalue weighted by Crippen LogP contribution is 2.20. The first kappa shape index (κ1) is 22.5. The van der Waals surface area contributed by atoms with Crippen molar-refractivity contribution < 1.29 is 14.3 Å². The first-order valence-electron chi connectivity index (χ1n) is 8.43. The Kier molecular flexibility index (Phi) is 10.3. The van der Waals surface area contributed by atoms with E-state index in [-0.39, 0.29) is 30.5 Å². The van der Waals surface area contributed by atoms with Crippen LogP contribution in [0.5, 0.6) is 0 Å². The number of halogens is 1. The van der Waals surface area contributed by atoms with Crippen molar-refractivity contribution in [3.8, 4) is 0 Å². The number of aliphatic hydroxyl groups is 1. The molecule has 0 radical (unpaired) electrons. The Bertz CT molecular complexity index is 631. The van der Waals surface area contributed by atoms with Crippen LogP contribution >= 0.6 is 24.0 Å². The number of rotatable bonds is 9. The Morgan fingerprint density at radius 3 is 2.54 bits per heavy atom. The summed E-state index contributed by atoms with van der Waals surface area (Å²) in [6.45, 7) is 3.91. The van der Waals surface area contributed by atoms with E-state index in [1.54, 1.807) is 20.3 Å². The molecule has 0 spiro atoms. The molecule has 0 saturated heterocycles. The van der Waals surface area contributed by atoms with Crippen LogP contribution in [-0.2, 0) is 16.8 Å². The molecule has 0 aliphatic carbocycles. The standard InChI is InChI=1S/C19H27N3O3.HI/c1-19(23,16-7-4-3-5-8-16)15-22-18(21-12-14-24-2)20-11-10-17-9-6-13-25-17;/h3-9,13,23H,10-12,14-15H2,1-2H3,(H2,20,21,22);1H. The summed E-state index contributed by atoms with van der Waals surface area (Å²) in [6, 6.07) is 13.4. The molecule has 2 rings (SSSR count). The third-order valence-electron chi connectivity index (χ3n) is 3.78. The maximum absolute atomic E-state index is 10.7. The quantitative estimate of drug-likeness (QED) is 0.226. The number of aliphatic imine (C=N–C) groups is 1. The number of guanidine groups is 1. The van der Waals surface area contributed by atoms with Gasteiger partial charge < -0.3 is 24.9 Å². The van der Waals surface area contributed by atoms with Gasteiger partial charge in [-0.15, -0.1) is 24.0 Å². The van der Waals surface area contributed by atoms with Gasteiger partial charge in [0, 0.05) is 26.6 Å². The summed E-state index contributed by atoms with van der Waals surface area (Å²) < 4.78 is 10.4. The van der Waals surface area contributed by atoms with E-state index in [1.807, 2.05) is 42.5 Å². The Morgan fingerprint density at radius 2 is 1.88 bits per heavy atom. The number of benzene rings is 1. The second-order valence-corrected chi connectivity index (χ2v) is 5.98. The van der Waals surface area contributed by atoms with Gasteiger partial charge in [0.2, 0.25) is 0 Å². The van der Waals surface area contributed by atoms with Crippen molar-refractivity contribution in [3.05, 3.63) is 60.1 Å². The van der Waals surface area contributed by atoms with Crippen LogP contribution < -0.4 is 10.6 Å². The van der Waals surface area contributed by atoms with Gasteiger partial charge in [-0.2, -0.15) is 0 Å². The van der Waals surface area contributed by atoms with Crippen LogP contribution in [0.4, 0.5) is 0 Å². The fraction of sp³-hybridized carbons (Fsp3) is 0.421. The minimum atomic E-state index is -1.03. The van der Waals surface area contributed by atoms with E-state index >= 15 is 0 Å². The van der Waals surface area contributed by atoms with E-state index in [0.717, 1.165) is 17.7 Å². The van der Waals surface area contributed by atoms with E-state index in [1.165, 1.54) is 0 Å². The van der Waals surface area contributed by atoms with E-state index in [0.29, 0.717) is 25.7 Å². The third kappa shape index (κ3) is 7.76. The van der Waals surface area contributed by atoms with E-state index in [9.17, 15) is 5.11 Å². The number of hydrogen-bond donors (Lipinski definition) is 3. The van der Waals surface area contributed by atoms with Crippen molar-refractivity contribution in [3.63, 3.8) is 0 Å². The molecule has 26 heavy (non-hydrogen) atoms. The molecular weight excluding hydrogens is 445 g/mol. The zero-order valence-electron chi connectivity index (χ0n) is 15.3. The largest absolute Gasteiger partial charge is 0.469 e. The second-order valence-electron chi connectivity index (χ2n) is 5.98. The number of furan rings is 1. The molecule has 0 bridgehead atoms. The molecule has 1 atom stereocenters. The molecule has 0 aliphatic heterocycles. The summed E-state index contributed by atoms with van der Waals surface area (Å²) >= 11 is 0. The summed E-state index contributed by atoms with van der Waals surface area (Å²) in [6.07, 6.45) is 2.42. The normalized spacial score (nSPS) is 13.6. The highest BCUT2D eigenvalue weighted by molar-refractivity contribution is 14.0. The molecule has 2 aromatic rings. The molecule has 0 fully saturated rings. The van der Waals surface area contributed by atoms with Gasteiger partial charge in [-0.05, 0) is 24.6 Å². The highest BCUT2D eigenvalue weighted by Gasteiger charge is 2.22. The molecule has 1 unspecified atom stereocenters. The minimum Gasteiger partial charge on any atom is -0.469 e. The van der Waals surface area contributed by atoms with Crippen LogP contribution in [-0.4, -0.2) is 44.4 Å². The lowest BCUT2D eigenvalue weighted by atomic mass is 9.96. The van der Waals surface area contributed by atoms with Crippen molar-refractivity contribution in [1.82, 2.24) is 10.6 Å². The summed E-state index contributed by atoms with van der Waals surface area (Å²) in [7, 11) is 1.66. The highest BCUT2D eigenvalue weighted by atomic mass is 127. The maximum Gasteiger partial charge on any atom is 0.191 e. The van der Waals surface area contributed by atoms with Crippen LogP contribution in [0, 0.1) is 0 Å². The van der Waals surface area contributed by atoms with E-state index in [2.05, 4.69) is 15.6 Å². The lowest BCUT2D eigenvalue weighted by Crippen LogP contribution is -2.41. The number of ether oxygens (including phenoxy) is 1. The fourth-order valence-corrected chi connectivity index (χ4v) is 2.33. The number of hydrogen-bond acceptors (Lipinski definition) is 4. The van der Waals surface area contributed by atoms with Crippen LogP contribution in [0.15, 0.2) is 58.1 Å². The lowest BCUT2D eigenvalue weighted by molar-refractivity contribution is 0.0672. The number of methoxy groups -OCH3 is 1.